The van der Waals surface area contributed by atoms with E-state index in [2.05, 4.69) is 14.9 Å². The van der Waals surface area contributed by atoms with Gasteiger partial charge in [-0.2, -0.15) is 0 Å². The average molecular weight is 309 g/mol. The van der Waals surface area contributed by atoms with Crippen LogP contribution in [0.5, 0.6) is 0 Å². The highest BCUT2D eigenvalue weighted by Crippen LogP contribution is 2.22. The first-order chi connectivity index (χ1) is 9.72. The zero-order valence-corrected chi connectivity index (χ0v) is 13.3. The molecule has 1 aliphatic rings. The molecule has 3 rings (SSSR count). The van der Waals surface area contributed by atoms with Crippen molar-refractivity contribution in [2.75, 3.05) is 25.4 Å². The van der Waals surface area contributed by atoms with Gasteiger partial charge in [-0.15, -0.1) is 11.3 Å². The number of thioether (sulfide) groups is 1. The minimum atomic E-state index is -0.0141. The van der Waals surface area contributed by atoms with Gasteiger partial charge in [-0.1, -0.05) is 18.2 Å². The molecule has 0 radical (unpaired) electrons. The first kappa shape index (κ1) is 14.1. The Labute approximate surface area is 126 Å². The van der Waals surface area contributed by atoms with Crippen LogP contribution in [0.1, 0.15) is 24.1 Å². The van der Waals surface area contributed by atoms with Gasteiger partial charge in [0, 0.05) is 17.2 Å². The van der Waals surface area contributed by atoms with E-state index in [9.17, 15) is 4.79 Å². The molecular weight excluding hydrogens is 290 g/mol. The molecule has 2 aromatic rings. The number of rotatable bonds is 4. The molecule has 0 saturated carbocycles. The van der Waals surface area contributed by atoms with Crippen LogP contribution in [0.15, 0.2) is 16.0 Å². The SMILES string of the molecule is Cc1cc2c(=O)[nH]c(SCCN3CCCCC3)nc2s1. The van der Waals surface area contributed by atoms with Gasteiger partial charge in [0.15, 0.2) is 5.16 Å². The quantitative estimate of drug-likeness (QED) is 0.697. The third kappa shape index (κ3) is 3.24. The number of hydrogen-bond donors (Lipinski definition) is 1. The molecule has 108 valence electrons. The van der Waals surface area contributed by atoms with Crippen LogP contribution in [0.25, 0.3) is 10.2 Å². The summed E-state index contributed by atoms with van der Waals surface area (Å²) in [5, 5.41) is 1.47. The summed E-state index contributed by atoms with van der Waals surface area (Å²) in [5.74, 6) is 0.985. The van der Waals surface area contributed by atoms with Crippen molar-refractivity contribution in [1.29, 1.82) is 0 Å². The fourth-order valence-corrected chi connectivity index (χ4v) is 4.36. The maximum absolute atomic E-state index is 12.0. The van der Waals surface area contributed by atoms with E-state index in [-0.39, 0.29) is 5.56 Å². The molecule has 4 nitrogen and oxygen atoms in total. The molecule has 0 amide bonds. The van der Waals surface area contributed by atoms with Gasteiger partial charge in [0.25, 0.3) is 5.56 Å². The number of nitrogens with one attached hydrogen (secondary N) is 1. The van der Waals surface area contributed by atoms with Gasteiger partial charge in [0.1, 0.15) is 4.83 Å². The highest BCUT2D eigenvalue weighted by atomic mass is 32.2. The van der Waals surface area contributed by atoms with E-state index in [4.69, 9.17) is 0 Å². The van der Waals surface area contributed by atoms with Crippen molar-refractivity contribution in [3.05, 3.63) is 21.3 Å². The van der Waals surface area contributed by atoms with Crippen molar-refractivity contribution >= 4 is 33.3 Å². The van der Waals surface area contributed by atoms with Crippen molar-refractivity contribution in [2.24, 2.45) is 0 Å². The smallest absolute Gasteiger partial charge is 0.260 e. The van der Waals surface area contributed by atoms with Gasteiger partial charge in [0.05, 0.1) is 5.39 Å². The van der Waals surface area contributed by atoms with E-state index in [0.717, 1.165) is 27.2 Å². The molecule has 0 unspecified atom stereocenters. The Morgan fingerprint density at radius 1 is 1.40 bits per heavy atom. The molecule has 3 heterocycles. The zero-order valence-electron chi connectivity index (χ0n) is 11.6. The van der Waals surface area contributed by atoms with Gasteiger partial charge in [-0.05, 0) is 38.9 Å². The van der Waals surface area contributed by atoms with Crippen molar-refractivity contribution in [1.82, 2.24) is 14.9 Å². The van der Waals surface area contributed by atoms with Crippen LogP contribution in [-0.2, 0) is 0 Å². The van der Waals surface area contributed by atoms with E-state index in [1.807, 2.05) is 13.0 Å². The zero-order chi connectivity index (χ0) is 13.9. The predicted molar refractivity (Wildman–Crippen MR) is 86.0 cm³/mol. The molecule has 1 fully saturated rings. The molecule has 0 atom stereocenters. The van der Waals surface area contributed by atoms with Crippen molar-refractivity contribution in [3.8, 4) is 0 Å². The topological polar surface area (TPSA) is 49.0 Å². The highest BCUT2D eigenvalue weighted by Gasteiger charge is 2.11. The van der Waals surface area contributed by atoms with Crippen LogP contribution in [0.2, 0.25) is 0 Å². The number of nitrogens with zero attached hydrogens (tertiary/aromatic N) is 2. The second-order valence-electron chi connectivity index (χ2n) is 5.20. The summed E-state index contributed by atoms with van der Waals surface area (Å²) in [5.41, 5.74) is -0.0141. The number of H-pyrrole nitrogens is 1. The Balaban J connectivity index is 1.63. The summed E-state index contributed by atoms with van der Waals surface area (Å²) >= 11 is 3.24. The third-order valence-electron chi connectivity index (χ3n) is 3.60. The summed E-state index contributed by atoms with van der Waals surface area (Å²) in [6.07, 6.45) is 4.01. The molecular formula is C14H19N3OS2. The first-order valence-corrected chi connectivity index (χ1v) is 8.88. The second kappa shape index (κ2) is 6.28. The molecule has 0 aliphatic carbocycles. The molecule has 2 aromatic heterocycles. The Hall–Kier alpha value is -0.850. The van der Waals surface area contributed by atoms with Crippen LogP contribution >= 0.6 is 23.1 Å². The molecule has 1 saturated heterocycles. The van der Waals surface area contributed by atoms with E-state index >= 15 is 0 Å². The molecule has 6 heteroatoms. The average Bonchev–Trinajstić information content (AvgIpc) is 2.81. The Bertz CT molecular complexity index is 643. The van der Waals surface area contributed by atoms with Crippen LogP contribution in [0.4, 0.5) is 0 Å². The monoisotopic (exact) mass is 309 g/mol. The third-order valence-corrected chi connectivity index (χ3v) is 5.40. The number of thiophene rings is 1. The number of fused-ring (bicyclic) bond motifs is 1. The lowest BCUT2D eigenvalue weighted by molar-refractivity contribution is 0.242. The first-order valence-electron chi connectivity index (χ1n) is 7.08. The standard InChI is InChI=1S/C14H19N3OS2/c1-10-9-11-12(18)15-14(16-13(11)20-10)19-8-7-17-5-3-2-4-6-17/h9H,2-8H2,1H3,(H,15,16,18). The minimum absolute atomic E-state index is 0.0141. The number of aryl methyl sites for hydroxylation is 1. The fourth-order valence-electron chi connectivity index (χ4n) is 2.56. The lowest BCUT2D eigenvalue weighted by Crippen LogP contribution is -2.31. The van der Waals surface area contributed by atoms with Crippen LogP contribution in [0.3, 0.4) is 0 Å². The van der Waals surface area contributed by atoms with E-state index in [1.54, 1.807) is 23.1 Å². The summed E-state index contributed by atoms with van der Waals surface area (Å²) < 4.78 is 0. The molecule has 1 N–H and O–H groups in total. The highest BCUT2D eigenvalue weighted by molar-refractivity contribution is 7.99. The van der Waals surface area contributed by atoms with Gasteiger partial charge in [-0.25, -0.2) is 4.98 Å². The van der Waals surface area contributed by atoms with Gasteiger partial charge in [-0.3, -0.25) is 4.79 Å². The maximum Gasteiger partial charge on any atom is 0.260 e. The number of piperidine rings is 1. The predicted octanol–water partition coefficient (Wildman–Crippen LogP) is 2.87. The number of aromatic amines is 1. The van der Waals surface area contributed by atoms with Crippen LogP contribution < -0.4 is 5.56 Å². The molecule has 0 bridgehead atoms. The van der Waals surface area contributed by atoms with Gasteiger partial charge in [0.2, 0.25) is 0 Å². The van der Waals surface area contributed by atoms with Crippen LogP contribution in [0, 0.1) is 6.92 Å². The summed E-state index contributed by atoms with van der Waals surface area (Å²) in [7, 11) is 0. The lowest BCUT2D eigenvalue weighted by atomic mass is 10.1. The Morgan fingerprint density at radius 2 is 2.20 bits per heavy atom. The molecule has 20 heavy (non-hydrogen) atoms. The molecule has 0 spiro atoms. The van der Waals surface area contributed by atoms with E-state index < -0.39 is 0 Å². The summed E-state index contributed by atoms with van der Waals surface area (Å²) in [6.45, 7) is 5.52. The largest absolute Gasteiger partial charge is 0.303 e. The second-order valence-corrected chi connectivity index (χ2v) is 7.52. The summed E-state index contributed by atoms with van der Waals surface area (Å²) in [6, 6.07) is 1.91. The van der Waals surface area contributed by atoms with Crippen LogP contribution in [-0.4, -0.2) is 40.3 Å². The Kier molecular flexibility index (Phi) is 4.43. The fraction of sp³-hybridized carbons (Fsp3) is 0.571. The van der Waals surface area contributed by atoms with Gasteiger partial charge >= 0.3 is 0 Å². The van der Waals surface area contributed by atoms with Gasteiger partial charge < -0.3 is 9.88 Å². The molecule has 0 aromatic carbocycles. The Morgan fingerprint density at radius 3 is 3.00 bits per heavy atom. The van der Waals surface area contributed by atoms with Crippen molar-refractivity contribution < 1.29 is 0 Å². The number of hydrogen-bond acceptors (Lipinski definition) is 5. The normalized spacial score (nSPS) is 16.9. The molecule has 1 aliphatic heterocycles. The van der Waals surface area contributed by atoms with Crippen molar-refractivity contribution in [3.63, 3.8) is 0 Å². The summed E-state index contributed by atoms with van der Waals surface area (Å²) in [4.78, 5) is 23.9. The lowest BCUT2D eigenvalue weighted by Gasteiger charge is -2.25. The van der Waals surface area contributed by atoms with E-state index in [1.165, 1.54) is 32.4 Å². The number of likely N-dealkylation sites (tertiary alicyclic amines) is 1. The van der Waals surface area contributed by atoms with E-state index in [0.29, 0.717) is 5.39 Å². The van der Waals surface area contributed by atoms with Crippen molar-refractivity contribution in [2.45, 2.75) is 31.3 Å². The minimum Gasteiger partial charge on any atom is -0.303 e. The number of aromatic nitrogens is 2. The maximum atomic E-state index is 12.0.